The number of amides is 1. The van der Waals surface area contributed by atoms with Gasteiger partial charge in [-0.15, -0.1) is 10.2 Å². The second-order valence-corrected chi connectivity index (χ2v) is 7.62. The Labute approximate surface area is 138 Å². The number of hydrogen-bond donors (Lipinski definition) is 0. The zero-order valence-corrected chi connectivity index (χ0v) is 14.0. The third-order valence-corrected chi connectivity index (χ3v) is 5.97. The SMILES string of the molecule is O=C(CC1CCCCC1)N1CCCC(c2nnc3n2CCC3)C1. The van der Waals surface area contributed by atoms with Crippen LogP contribution in [-0.4, -0.2) is 38.7 Å². The minimum atomic E-state index is 0.378. The number of likely N-dealkylation sites (tertiary alicyclic amines) is 1. The minimum absolute atomic E-state index is 0.378. The number of nitrogens with zero attached hydrogens (tertiary/aromatic N) is 4. The van der Waals surface area contributed by atoms with Gasteiger partial charge in [-0.3, -0.25) is 4.79 Å². The summed E-state index contributed by atoms with van der Waals surface area (Å²) in [5.41, 5.74) is 0. The molecule has 1 aromatic heterocycles. The fraction of sp³-hybridized carbons (Fsp3) is 0.833. The van der Waals surface area contributed by atoms with Gasteiger partial charge in [0, 0.05) is 38.4 Å². The van der Waals surface area contributed by atoms with E-state index in [1.165, 1.54) is 38.5 Å². The van der Waals surface area contributed by atoms with Crippen LogP contribution in [-0.2, 0) is 17.8 Å². The van der Waals surface area contributed by atoms with Crippen molar-refractivity contribution < 1.29 is 4.79 Å². The smallest absolute Gasteiger partial charge is 0.222 e. The summed E-state index contributed by atoms with van der Waals surface area (Å²) in [6, 6.07) is 0. The first-order chi connectivity index (χ1) is 11.3. The Balaban J connectivity index is 1.39. The van der Waals surface area contributed by atoms with E-state index in [2.05, 4.69) is 19.7 Å². The first-order valence-corrected chi connectivity index (χ1v) is 9.51. The molecule has 1 amide bonds. The second-order valence-electron chi connectivity index (χ2n) is 7.62. The number of rotatable bonds is 3. The molecule has 1 saturated carbocycles. The second kappa shape index (κ2) is 6.62. The summed E-state index contributed by atoms with van der Waals surface area (Å²) >= 11 is 0. The quantitative estimate of drug-likeness (QED) is 0.861. The number of hydrogen-bond acceptors (Lipinski definition) is 3. The fourth-order valence-corrected chi connectivity index (χ4v) is 4.66. The molecule has 0 spiro atoms. The third-order valence-electron chi connectivity index (χ3n) is 5.97. The Kier molecular flexibility index (Phi) is 4.36. The molecule has 4 rings (SSSR count). The highest BCUT2D eigenvalue weighted by Crippen LogP contribution is 2.31. The molecule has 126 valence electrons. The Hall–Kier alpha value is -1.39. The van der Waals surface area contributed by atoms with Gasteiger partial charge in [0.25, 0.3) is 0 Å². The van der Waals surface area contributed by atoms with Crippen LogP contribution in [0.4, 0.5) is 0 Å². The van der Waals surface area contributed by atoms with E-state index in [0.29, 0.717) is 17.7 Å². The average Bonchev–Trinajstić information content (AvgIpc) is 3.19. The average molecular weight is 316 g/mol. The maximum absolute atomic E-state index is 12.7. The van der Waals surface area contributed by atoms with Gasteiger partial charge in [-0.25, -0.2) is 0 Å². The van der Waals surface area contributed by atoms with Crippen molar-refractivity contribution in [1.29, 1.82) is 0 Å². The van der Waals surface area contributed by atoms with E-state index in [9.17, 15) is 4.79 Å². The molecule has 1 unspecified atom stereocenters. The highest BCUT2D eigenvalue weighted by molar-refractivity contribution is 5.76. The van der Waals surface area contributed by atoms with Gasteiger partial charge in [0.15, 0.2) is 0 Å². The molecule has 5 heteroatoms. The topological polar surface area (TPSA) is 51.0 Å². The van der Waals surface area contributed by atoms with Crippen molar-refractivity contribution in [3.63, 3.8) is 0 Å². The monoisotopic (exact) mass is 316 g/mol. The summed E-state index contributed by atoms with van der Waals surface area (Å²) in [4.78, 5) is 14.8. The van der Waals surface area contributed by atoms with Crippen LogP contribution in [0.3, 0.4) is 0 Å². The van der Waals surface area contributed by atoms with Gasteiger partial charge in [-0.2, -0.15) is 0 Å². The van der Waals surface area contributed by atoms with Crippen LogP contribution in [0.15, 0.2) is 0 Å². The predicted octanol–water partition coefficient (Wildman–Crippen LogP) is 2.90. The van der Waals surface area contributed by atoms with Crippen molar-refractivity contribution >= 4 is 5.91 Å². The molecule has 0 aromatic carbocycles. The van der Waals surface area contributed by atoms with Gasteiger partial charge in [0.2, 0.25) is 5.91 Å². The lowest BCUT2D eigenvalue weighted by molar-refractivity contribution is -0.133. The van der Waals surface area contributed by atoms with Crippen LogP contribution in [0.25, 0.3) is 0 Å². The van der Waals surface area contributed by atoms with E-state index in [1.807, 2.05) is 0 Å². The molecule has 23 heavy (non-hydrogen) atoms. The zero-order chi connectivity index (χ0) is 15.6. The summed E-state index contributed by atoms with van der Waals surface area (Å²) in [6.45, 7) is 2.84. The number of piperidine rings is 1. The van der Waals surface area contributed by atoms with Crippen molar-refractivity contribution in [3.05, 3.63) is 11.6 Å². The Morgan fingerprint density at radius 1 is 1.00 bits per heavy atom. The van der Waals surface area contributed by atoms with Crippen molar-refractivity contribution in [2.45, 2.75) is 76.7 Å². The Morgan fingerprint density at radius 3 is 2.74 bits per heavy atom. The van der Waals surface area contributed by atoms with E-state index in [1.54, 1.807) is 0 Å². The van der Waals surface area contributed by atoms with Crippen molar-refractivity contribution in [1.82, 2.24) is 19.7 Å². The normalized spacial score (nSPS) is 25.6. The van der Waals surface area contributed by atoms with E-state index < -0.39 is 0 Å². The van der Waals surface area contributed by atoms with Gasteiger partial charge < -0.3 is 9.47 Å². The Morgan fingerprint density at radius 2 is 1.87 bits per heavy atom. The molecule has 0 radical (unpaired) electrons. The van der Waals surface area contributed by atoms with E-state index >= 15 is 0 Å². The van der Waals surface area contributed by atoms with Crippen molar-refractivity contribution in [2.75, 3.05) is 13.1 Å². The number of aromatic nitrogens is 3. The van der Waals surface area contributed by atoms with E-state index in [0.717, 1.165) is 57.0 Å². The fourth-order valence-electron chi connectivity index (χ4n) is 4.66. The summed E-state index contributed by atoms with van der Waals surface area (Å²) < 4.78 is 2.31. The van der Waals surface area contributed by atoms with Crippen LogP contribution in [0.1, 0.15) is 75.4 Å². The first-order valence-electron chi connectivity index (χ1n) is 9.51. The molecular formula is C18H28N4O. The molecule has 1 aliphatic carbocycles. The molecule has 3 heterocycles. The molecule has 1 aromatic rings. The lowest BCUT2D eigenvalue weighted by Crippen LogP contribution is -2.40. The van der Waals surface area contributed by atoms with Gasteiger partial charge in [-0.1, -0.05) is 19.3 Å². The molecule has 3 aliphatic rings. The lowest BCUT2D eigenvalue weighted by Gasteiger charge is -2.33. The number of aryl methyl sites for hydroxylation is 1. The molecular weight excluding hydrogens is 288 g/mol. The molecule has 0 N–H and O–H groups in total. The summed E-state index contributed by atoms with van der Waals surface area (Å²) in [5.74, 6) is 3.67. The minimum Gasteiger partial charge on any atom is -0.342 e. The largest absolute Gasteiger partial charge is 0.342 e. The van der Waals surface area contributed by atoms with E-state index in [4.69, 9.17) is 0 Å². The third kappa shape index (κ3) is 3.15. The zero-order valence-electron chi connectivity index (χ0n) is 14.0. The number of carbonyl (C=O) groups excluding carboxylic acids is 1. The van der Waals surface area contributed by atoms with Gasteiger partial charge in [0.1, 0.15) is 11.6 Å². The molecule has 5 nitrogen and oxygen atoms in total. The highest BCUT2D eigenvalue weighted by Gasteiger charge is 2.31. The van der Waals surface area contributed by atoms with Crippen LogP contribution in [0, 0.1) is 5.92 Å². The number of carbonyl (C=O) groups is 1. The van der Waals surface area contributed by atoms with Crippen LogP contribution in [0.5, 0.6) is 0 Å². The summed E-state index contributed by atoms with van der Waals surface area (Å²) in [5, 5.41) is 8.79. The van der Waals surface area contributed by atoms with Gasteiger partial charge >= 0.3 is 0 Å². The van der Waals surface area contributed by atoms with Crippen molar-refractivity contribution in [2.24, 2.45) is 5.92 Å². The Bertz CT molecular complexity index is 561. The standard InChI is InChI=1S/C18H28N4O/c23-17(12-14-6-2-1-3-7-14)21-10-4-8-15(13-21)18-20-19-16-9-5-11-22(16)18/h14-15H,1-13H2. The highest BCUT2D eigenvalue weighted by atomic mass is 16.2. The summed E-state index contributed by atoms with van der Waals surface area (Å²) in [6.07, 6.45) is 11.7. The van der Waals surface area contributed by atoms with Crippen LogP contribution in [0.2, 0.25) is 0 Å². The molecule has 2 fully saturated rings. The lowest BCUT2D eigenvalue weighted by atomic mass is 9.86. The van der Waals surface area contributed by atoms with Crippen molar-refractivity contribution in [3.8, 4) is 0 Å². The van der Waals surface area contributed by atoms with Gasteiger partial charge in [-0.05, 0) is 38.0 Å². The maximum atomic E-state index is 12.7. The summed E-state index contributed by atoms with van der Waals surface area (Å²) in [7, 11) is 0. The molecule has 1 saturated heterocycles. The predicted molar refractivity (Wildman–Crippen MR) is 88.1 cm³/mol. The van der Waals surface area contributed by atoms with E-state index in [-0.39, 0.29) is 0 Å². The molecule has 2 aliphatic heterocycles. The van der Waals surface area contributed by atoms with Crippen LogP contribution < -0.4 is 0 Å². The molecule has 0 bridgehead atoms. The molecule has 1 atom stereocenters. The first kappa shape index (κ1) is 15.2. The maximum Gasteiger partial charge on any atom is 0.222 e. The van der Waals surface area contributed by atoms with Crippen LogP contribution >= 0.6 is 0 Å². The number of fused-ring (bicyclic) bond motifs is 1. The van der Waals surface area contributed by atoms with Gasteiger partial charge in [0.05, 0.1) is 0 Å².